The maximum Gasteiger partial charge on any atom is 0.276 e. The molecule has 0 saturated heterocycles. The lowest BCUT2D eigenvalue weighted by Crippen LogP contribution is -2.43. The Bertz CT molecular complexity index is 666. The van der Waals surface area contributed by atoms with Crippen molar-refractivity contribution in [3.8, 4) is 5.75 Å². The predicted molar refractivity (Wildman–Crippen MR) is 86.3 cm³/mol. The molecule has 0 aliphatic rings. The second-order valence-electron chi connectivity index (χ2n) is 4.44. The Kier molecular flexibility index (Phi) is 5.73. The quantitative estimate of drug-likeness (QED) is 0.657. The molecule has 1 aromatic heterocycles. The van der Waals surface area contributed by atoms with Crippen molar-refractivity contribution in [3.05, 3.63) is 58.3 Å². The average Bonchev–Trinajstić information content (AvgIpc) is 3.03. The van der Waals surface area contributed by atoms with E-state index in [1.807, 2.05) is 42.6 Å². The number of carbonyl (C=O) groups excluding carboxylic acids is 2. The van der Waals surface area contributed by atoms with Gasteiger partial charge in [-0.25, -0.2) is 0 Å². The standard InChI is InChI=1S/C16H16N2O3S/c1-12-5-2-3-7-14(12)21-11-16(20)18-17-15(19)9-8-13-6-4-10-22-13/h2-10H,11H2,1H3,(H,17,19)(H,18,20)/b9-8+. The highest BCUT2D eigenvalue weighted by molar-refractivity contribution is 7.10. The summed E-state index contributed by atoms with van der Waals surface area (Å²) in [6.45, 7) is 1.73. The molecule has 0 bridgehead atoms. The zero-order chi connectivity index (χ0) is 15.8. The summed E-state index contributed by atoms with van der Waals surface area (Å²) < 4.78 is 5.37. The van der Waals surface area contributed by atoms with Gasteiger partial charge in [-0.05, 0) is 36.1 Å². The number of rotatable bonds is 5. The topological polar surface area (TPSA) is 67.4 Å². The van der Waals surface area contributed by atoms with Crippen molar-refractivity contribution in [1.29, 1.82) is 0 Å². The Hall–Kier alpha value is -2.60. The first-order chi connectivity index (χ1) is 10.6. The molecule has 6 heteroatoms. The fourth-order valence-corrected chi connectivity index (χ4v) is 2.23. The van der Waals surface area contributed by atoms with Gasteiger partial charge in [0.05, 0.1) is 0 Å². The molecule has 2 rings (SSSR count). The third-order valence-electron chi connectivity index (χ3n) is 2.72. The minimum atomic E-state index is -0.430. The predicted octanol–water partition coefficient (Wildman–Crippen LogP) is 2.30. The van der Waals surface area contributed by atoms with Crippen molar-refractivity contribution >= 4 is 29.2 Å². The summed E-state index contributed by atoms with van der Waals surface area (Å²) in [5.74, 6) is -0.194. The molecule has 0 saturated carbocycles. The fourth-order valence-electron chi connectivity index (χ4n) is 1.61. The van der Waals surface area contributed by atoms with Crippen LogP contribution in [0.5, 0.6) is 5.75 Å². The second kappa shape index (κ2) is 7.99. The number of hydrogen-bond acceptors (Lipinski definition) is 4. The number of para-hydroxylation sites is 1. The number of hydrazine groups is 1. The van der Waals surface area contributed by atoms with Crippen molar-refractivity contribution in [3.63, 3.8) is 0 Å². The van der Waals surface area contributed by atoms with E-state index >= 15 is 0 Å². The molecule has 0 aliphatic carbocycles. The smallest absolute Gasteiger partial charge is 0.276 e. The first kappa shape index (κ1) is 15.8. The van der Waals surface area contributed by atoms with Crippen LogP contribution in [0.4, 0.5) is 0 Å². The molecular weight excluding hydrogens is 300 g/mol. The Labute approximate surface area is 132 Å². The molecule has 1 aromatic carbocycles. The van der Waals surface area contributed by atoms with Gasteiger partial charge in [0, 0.05) is 11.0 Å². The van der Waals surface area contributed by atoms with Crippen molar-refractivity contribution in [2.45, 2.75) is 6.92 Å². The SMILES string of the molecule is Cc1ccccc1OCC(=O)NNC(=O)/C=C/c1cccs1. The molecule has 1 heterocycles. The molecule has 114 valence electrons. The van der Waals surface area contributed by atoms with Gasteiger partial charge < -0.3 is 4.74 Å². The number of thiophene rings is 1. The zero-order valence-electron chi connectivity index (χ0n) is 12.0. The van der Waals surface area contributed by atoms with Gasteiger partial charge >= 0.3 is 0 Å². The summed E-state index contributed by atoms with van der Waals surface area (Å²) in [5, 5.41) is 1.92. The molecule has 0 spiro atoms. The van der Waals surface area contributed by atoms with Crippen LogP contribution in [0.2, 0.25) is 0 Å². The highest BCUT2D eigenvalue weighted by atomic mass is 32.1. The summed E-state index contributed by atoms with van der Waals surface area (Å²) >= 11 is 1.52. The molecule has 2 amide bonds. The van der Waals surface area contributed by atoms with Gasteiger partial charge in [-0.15, -0.1) is 11.3 Å². The molecule has 0 radical (unpaired) electrons. The van der Waals surface area contributed by atoms with Crippen LogP contribution >= 0.6 is 11.3 Å². The molecule has 0 atom stereocenters. The molecule has 0 fully saturated rings. The van der Waals surface area contributed by atoms with Gasteiger partial charge in [-0.2, -0.15) is 0 Å². The van der Waals surface area contributed by atoms with Crippen LogP contribution in [0.15, 0.2) is 47.9 Å². The van der Waals surface area contributed by atoms with Crippen molar-refractivity contribution in [1.82, 2.24) is 10.9 Å². The molecular formula is C16H16N2O3S. The van der Waals surface area contributed by atoms with Gasteiger partial charge in [0.15, 0.2) is 6.61 Å². The van der Waals surface area contributed by atoms with Gasteiger partial charge in [0.2, 0.25) is 0 Å². The van der Waals surface area contributed by atoms with Crippen LogP contribution in [-0.4, -0.2) is 18.4 Å². The maximum atomic E-state index is 11.6. The number of hydrogen-bond donors (Lipinski definition) is 2. The van der Waals surface area contributed by atoms with Gasteiger partial charge in [0.25, 0.3) is 11.8 Å². The van der Waals surface area contributed by atoms with Crippen LogP contribution in [0.1, 0.15) is 10.4 Å². The van der Waals surface area contributed by atoms with E-state index in [1.54, 1.807) is 12.1 Å². The molecule has 0 unspecified atom stereocenters. The molecule has 5 nitrogen and oxygen atoms in total. The Morgan fingerprint density at radius 3 is 2.73 bits per heavy atom. The summed E-state index contributed by atoms with van der Waals surface area (Å²) in [6.07, 6.45) is 3.03. The van der Waals surface area contributed by atoms with Gasteiger partial charge in [-0.1, -0.05) is 24.3 Å². The number of amides is 2. The van der Waals surface area contributed by atoms with Crippen molar-refractivity contribution < 1.29 is 14.3 Å². The summed E-state index contributed by atoms with van der Waals surface area (Å²) in [7, 11) is 0. The summed E-state index contributed by atoms with van der Waals surface area (Å²) in [6, 6.07) is 11.2. The minimum Gasteiger partial charge on any atom is -0.483 e. The number of aryl methyl sites for hydroxylation is 1. The van der Waals surface area contributed by atoms with Crippen molar-refractivity contribution in [2.24, 2.45) is 0 Å². The van der Waals surface area contributed by atoms with E-state index in [0.717, 1.165) is 10.4 Å². The Balaban J connectivity index is 1.71. The number of ether oxygens (including phenoxy) is 1. The largest absolute Gasteiger partial charge is 0.483 e. The van der Waals surface area contributed by atoms with Crippen LogP contribution < -0.4 is 15.6 Å². The first-order valence-electron chi connectivity index (χ1n) is 6.64. The van der Waals surface area contributed by atoms with Crippen LogP contribution in [-0.2, 0) is 9.59 Å². The highest BCUT2D eigenvalue weighted by Gasteiger charge is 2.05. The number of benzene rings is 1. The number of nitrogens with one attached hydrogen (secondary N) is 2. The molecule has 0 aliphatic heterocycles. The van der Waals surface area contributed by atoms with E-state index in [0.29, 0.717) is 5.75 Å². The summed E-state index contributed by atoms with van der Waals surface area (Å²) in [5.41, 5.74) is 5.53. The average molecular weight is 316 g/mol. The summed E-state index contributed by atoms with van der Waals surface area (Å²) in [4.78, 5) is 24.1. The van der Waals surface area contributed by atoms with E-state index in [4.69, 9.17) is 4.74 Å². The van der Waals surface area contributed by atoms with Gasteiger partial charge in [0.1, 0.15) is 5.75 Å². The second-order valence-corrected chi connectivity index (χ2v) is 5.42. The monoisotopic (exact) mass is 316 g/mol. The van der Waals surface area contributed by atoms with Crippen LogP contribution in [0.25, 0.3) is 6.08 Å². The Morgan fingerprint density at radius 2 is 2.00 bits per heavy atom. The number of carbonyl (C=O) groups is 2. The fraction of sp³-hybridized carbons (Fsp3) is 0.125. The first-order valence-corrected chi connectivity index (χ1v) is 7.52. The van der Waals surface area contributed by atoms with E-state index in [1.165, 1.54) is 17.4 Å². The van der Waals surface area contributed by atoms with E-state index in [-0.39, 0.29) is 6.61 Å². The lowest BCUT2D eigenvalue weighted by Gasteiger charge is -2.09. The lowest BCUT2D eigenvalue weighted by atomic mass is 10.2. The van der Waals surface area contributed by atoms with Crippen molar-refractivity contribution in [2.75, 3.05) is 6.61 Å². The highest BCUT2D eigenvalue weighted by Crippen LogP contribution is 2.15. The third-order valence-corrected chi connectivity index (χ3v) is 3.56. The van der Waals surface area contributed by atoms with E-state index < -0.39 is 11.8 Å². The van der Waals surface area contributed by atoms with Crippen LogP contribution in [0.3, 0.4) is 0 Å². The third kappa shape index (κ3) is 5.06. The molecule has 2 N–H and O–H groups in total. The van der Waals surface area contributed by atoms with Crippen LogP contribution in [0, 0.1) is 6.92 Å². The maximum absolute atomic E-state index is 11.6. The molecule has 22 heavy (non-hydrogen) atoms. The Morgan fingerprint density at radius 1 is 1.18 bits per heavy atom. The zero-order valence-corrected chi connectivity index (χ0v) is 12.9. The van der Waals surface area contributed by atoms with E-state index in [2.05, 4.69) is 10.9 Å². The molecule has 2 aromatic rings. The van der Waals surface area contributed by atoms with Gasteiger partial charge in [-0.3, -0.25) is 20.4 Å². The normalized spacial score (nSPS) is 10.4. The lowest BCUT2D eigenvalue weighted by molar-refractivity contribution is -0.128. The van der Waals surface area contributed by atoms with E-state index in [9.17, 15) is 9.59 Å². The minimum absolute atomic E-state index is 0.167.